The van der Waals surface area contributed by atoms with Gasteiger partial charge in [-0.1, -0.05) is 48.0 Å². The molecule has 2 atom stereocenters. The molecule has 0 radical (unpaired) electrons. The smallest absolute Gasteiger partial charge is 0.254 e. The molecule has 29 heavy (non-hydrogen) atoms. The Morgan fingerprint density at radius 2 is 1.79 bits per heavy atom. The molecular weight excluding hydrogens is 364 g/mol. The highest BCUT2D eigenvalue weighted by atomic mass is 16.5. The Morgan fingerprint density at radius 3 is 2.52 bits per heavy atom. The number of benzene rings is 2. The fourth-order valence-corrected chi connectivity index (χ4v) is 4.76. The molecule has 2 amide bonds. The average Bonchev–Trinajstić information content (AvgIpc) is 3.59. The maximum absolute atomic E-state index is 13.8. The second-order valence-electron chi connectivity index (χ2n) is 8.31. The third-order valence-corrected chi connectivity index (χ3v) is 6.29. The number of hydrogen-bond donors (Lipinski definition) is 0. The number of nitrogens with zero attached hydrogens (tertiary/aromatic N) is 2. The van der Waals surface area contributed by atoms with E-state index in [1.165, 1.54) is 0 Å². The van der Waals surface area contributed by atoms with E-state index in [1.54, 1.807) is 0 Å². The van der Waals surface area contributed by atoms with E-state index in [0.29, 0.717) is 31.9 Å². The van der Waals surface area contributed by atoms with Gasteiger partial charge in [0.1, 0.15) is 0 Å². The van der Waals surface area contributed by atoms with Gasteiger partial charge in [0.05, 0.1) is 25.2 Å². The highest BCUT2D eigenvalue weighted by Crippen LogP contribution is 2.48. The fraction of sp³-hybridized carbons (Fsp3) is 0.417. The van der Waals surface area contributed by atoms with Crippen molar-refractivity contribution in [3.8, 4) is 0 Å². The molecule has 0 spiro atoms. The summed E-state index contributed by atoms with van der Waals surface area (Å²) in [6.07, 6.45) is 2.02. The lowest BCUT2D eigenvalue weighted by Crippen LogP contribution is -2.51. The summed E-state index contributed by atoms with van der Waals surface area (Å²) < 4.78 is 5.46. The Balaban J connectivity index is 1.66. The number of hydrogen-bond acceptors (Lipinski definition) is 3. The van der Waals surface area contributed by atoms with Crippen molar-refractivity contribution >= 4 is 11.8 Å². The largest absolute Gasteiger partial charge is 0.378 e. The van der Waals surface area contributed by atoms with E-state index in [4.69, 9.17) is 4.74 Å². The molecule has 1 saturated heterocycles. The lowest BCUT2D eigenvalue weighted by molar-refractivity contribution is -0.138. The normalized spacial score (nSPS) is 24.4. The average molecular weight is 390 g/mol. The minimum atomic E-state index is -0.385. The molecule has 0 unspecified atom stereocenters. The summed E-state index contributed by atoms with van der Waals surface area (Å²) in [5.41, 5.74) is 3.72. The van der Waals surface area contributed by atoms with Crippen molar-refractivity contribution < 1.29 is 14.3 Å². The lowest BCUT2D eigenvalue weighted by Gasteiger charge is -2.44. The minimum absolute atomic E-state index is 0.0561. The number of carbonyl (C=O) groups is 2. The predicted molar refractivity (Wildman–Crippen MR) is 110 cm³/mol. The molecule has 5 rings (SSSR count). The van der Waals surface area contributed by atoms with Gasteiger partial charge in [-0.25, -0.2) is 0 Å². The van der Waals surface area contributed by atoms with E-state index in [2.05, 4.69) is 25.1 Å². The van der Waals surface area contributed by atoms with Gasteiger partial charge in [0, 0.05) is 24.7 Å². The van der Waals surface area contributed by atoms with Crippen LogP contribution in [0.4, 0.5) is 0 Å². The zero-order valence-electron chi connectivity index (χ0n) is 16.7. The van der Waals surface area contributed by atoms with Gasteiger partial charge in [-0.05, 0) is 37.0 Å². The summed E-state index contributed by atoms with van der Waals surface area (Å²) in [6.45, 7) is 4.41. The topological polar surface area (TPSA) is 49.9 Å². The van der Waals surface area contributed by atoms with Gasteiger partial charge in [0.15, 0.2) is 0 Å². The molecular formula is C24H26N2O3. The zero-order chi connectivity index (χ0) is 20.0. The molecule has 0 aromatic heterocycles. The van der Waals surface area contributed by atoms with Crippen LogP contribution in [0.5, 0.6) is 0 Å². The van der Waals surface area contributed by atoms with Crippen molar-refractivity contribution in [2.75, 3.05) is 26.3 Å². The molecule has 5 nitrogen and oxygen atoms in total. The number of ether oxygens (including phenoxy) is 1. The van der Waals surface area contributed by atoms with Crippen LogP contribution in [0.1, 0.15) is 51.8 Å². The van der Waals surface area contributed by atoms with Gasteiger partial charge in [0.25, 0.3) is 5.91 Å². The molecule has 1 aliphatic carbocycles. The van der Waals surface area contributed by atoms with E-state index in [9.17, 15) is 9.59 Å². The van der Waals surface area contributed by atoms with E-state index in [-0.39, 0.29) is 29.8 Å². The summed E-state index contributed by atoms with van der Waals surface area (Å²) in [4.78, 5) is 31.2. The van der Waals surface area contributed by atoms with Crippen LogP contribution in [-0.4, -0.2) is 54.0 Å². The second-order valence-corrected chi connectivity index (χ2v) is 8.31. The highest BCUT2D eigenvalue weighted by Gasteiger charge is 2.49. The second kappa shape index (κ2) is 7.30. The van der Waals surface area contributed by atoms with Crippen LogP contribution in [0.2, 0.25) is 0 Å². The van der Waals surface area contributed by atoms with Crippen LogP contribution >= 0.6 is 0 Å². The number of fused-ring (bicyclic) bond motifs is 1. The lowest BCUT2D eigenvalue weighted by atomic mass is 9.78. The Kier molecular flexibility index (Phi) is 4.63. The molecule has 0 N–H and O–H groups in total. The molecule has 2 aromatic carbocycles. The Bertz CT molecular complexity index is 947. The van der Waals surface area contributed by atoms with E-state index in [0.717, 1.165) is 29.5 Å². The Hall–Kier alpha value is -2.66. The number of carbonyl (C=O) groups excluding carboxylic acids is 2. The molecule has 150 valence electrons. The number of rotatable bonds is 3. The van der Waals surface area contributed by atoms with Crippen LogP contribution in [-0.2, 0) is 9.53 Å². The SMILES string of the molecule is Cc1cccc([C@@H]2[C@@H](C(=O)N3CCOCC3)c3ccccc3C(=O)N2C2CC2)c1. The Labute approximate surface area is 171 Å². The minimum Gasteiger partial charge on any atom is -0.378 e. The maximum Gasteiger partial charge on any atom is 0.254 e. The van der Waals surface area contributed by atoms with Gasteiger partial charge >= 0.3 is 0 Å². The van der Waals surface area contributed by atoms with Gasteiger partial charge < -0.3 is 14.5 Å². The van der Waals surface area contributed by atoms with E-state index >= 15 is 0 Å². The van der Waals surface area contributed by atoms with Crippen LogP contribution < -0.4 is 0 Å². The Morgan fingerprint density at radius 1 is 1.03 bits per heavy atom. The first-order valence-electron chi connectivity index (χ1n) is 10.5. The molecule has 2 fully saturated rings. The van der Waals surface area contributed by atoms with Crippen LogP contribution in [0.3, 0.4) is 0 Å². The summed E-state index contributed by atoms with van der Waals surface area (Å²) >= 11 is 0. The number of amides is 2. The molecule has 2 aromatic rings. The van der Waals surface area contributed by atoms with Crippen molar-refractivity contribution in [3.05, 3.63) is 70.8 Å². The maximum atomic E-state index is 13.8. The molecule has 2 heterocycles. The van der Waals surface area contributed by atoms with Crippen molar-refractivity contribution in [3.63, 3.8) is 0 Å². The molecule has 1 saturated carbocycles. The third kappa shape index (κ3) is 3.23. The van der Waals surface area contributed by atoms with Gasteiger partial charge in [0.2, 0.25) is 5.91 Å². The fourth-order valence-electron chi connectivity index (χ4n) is 4.76. The summed E-state index contributed by atoms with van der Waals surface area (Å²) in [7, 11) is 0. The standard InChI is InChI=1S/C24H26N2O3/c1-16-5-4-6-17(15-16)22-21(24(28)25-11-13-29-14-12-25)19-7-2-3-8-20(19)23(27)26(22)18-9-10-18/h2-8,15,18,21-22H,9-14H2,1H3/t21-,22+/m0/s1. The molecule has 3 aliphatic rings. The first-order chi connectivity index (χ1) is 14.1. The molecule has 5 heteroatoms. The number of morpholine rings is 1. The van der Waals surface area contributed by atoms with Crippen molar-refractivity contribution in [2.45, 2.75) is 37.8 Å². The molecule has 2 aliphatic heterocycles. The predicted octanol–water partition coefficient (Wildman–Crippen LogP) is 3.30. The van der Waals surface area contributed by atoms with Gasteiger partial charge in [-0.15, -0.1) is 0 Å². The highest BCUT2D eigenvalue weighted by molar-refractivity contribution is 6.01. The third-order valence-electron chi connectivity index (χ3n) is 6.29. The monoisotopic (exact) mass is 390 g/mol. The first kappa shape index (κ1) is 18.4. The van der Waals surface area contributed by atoms with Crippen molar-refractivity contribution in [1.82, 2.24) is 9.80 Å². The van der Waals surface area contributed by atoms with Gasteiger partial charge in [-0.2, -0.15) is 0 Å². The van der Waals surface area contributed by atoms with Crippen LogP contribution in [0.25, 0.3) is 0 Å². The molecule has 0 bridgehead atoms. The summed E-state index contributed by atoms with van der Waals surface area (Å²) in [6, 6.07) is 15.9. The van der Waals surface area contributed by atoms with Gasteiger partial charge in [-0.3, -0.25) is 9.59 Å². The summed E-state index contributed by atoms with van der Waals surface area (Å²) in [5.74, 6) is -0.226. The van der Waals surface area contributed by atoms with Crippen molar-refractivity contribution in [1.29, 1.82) is 0 Å². The van der Waals surface area contributed by atoms with Crippen molar-refractivity contribution in [2.24, 2.45) is 0 Å². The quantitative estimate of drug-likeness (QED) is 0.808. The van der Waals surface area contributed by atoms with E-state index < -0.39 is 0 Å². The van der Waals surface area contributed by atoms with Crippen LogP contribution in [0.15, 0.2) is 48.5 Å². The zero-order valence-corrected chi connectivity index (χ0v) is 16.7. The van der Waals surface area contributed by atoms with E-state index in [1.807, 2.05) is 40.1 Å². The number of aryl methyl sites for hydroxylation is 1. The summed E-state index contributed by atoms with van der Waals surface area (Å²) in [5, 5.41) is 0. The van der Waals surface area contributed by atoms with Crippen LogP contribution in [0, 0.1) is 6.92 Å². The first-order valence-corrected chi connectivity index (χ1v) is 10.5.